The van der Waals surface area contributed by atoms with Gasteiger partial charge in [-0.3, -0.25) is 4.79 Å². The van der Waals surface area contributed by atoms with Gasteiger partial charge in [-0.25, -0.2) is 0 Å². The zero-order valence-corrected chi connectivity index (χ0v) is 16.2. The number of hydrogen-bond acceptors (Lipinski definition) is 6. The third-order valence-electron chi connectivity index (χ3n) is 4.75. The van der Waals surface area contributed by atoms with Gasteiger partial charge in [-0.15, -0.1) is 0 Å². The number of aliphatic hydroxyl groups is 3. The van der Waals surface area contributed by atoms with Crippen LogP contribution < -0.4 is 4.74 Å². The summed E-state index contributed by atoms with van der Waals surface area (Å²) in [6.45, 7) is 1.96. The second-order valence-electron chi connectivity index (χ2n) is 6.67. The highest BCUT2D eigenvalue weighted by Crippen LogP contribution is 2.33. The third kappa shape index (κ3) is 4.37. The normalized spacial score (nSPS) is 25.0. The predicted molar refractivity (Wildman–Crippen MR) is 104 cm³/mol. The Morgan fingerprint density at radius 2 is 1.86 bits per heavy atom. The maximum absolute atomic E-state index is 11.9. The van der Waals surface area contributed by atoms with Gasteiger partial charge in [0.15, 0.2) is 5.78 Å². The Morgan fingerprint density at radius 1 is 1.14 bits per heavy atom. The van der Waals surface area contributed by atoms with E-state index in [0.29, 0.717) is 23.6 Å². The molecule has 0 saturated carbocycles. The van der Waals surface area contributed by atoms with Crippen LogP contribution in [0.4, 0.5) is 0 Å². The van der Waals surface area contributed by atoms with Crippen LogP contribution in [0.25, 0.3) is 0 Å². The van der Waals surface area contributed by atoms with E-state index in [0.717, 1.165) is 16.9 Å². The van der Waals surface area contributed by atoms with Crippen LogP contribution in [0, 0.1) is 0 Å². The lowest BCUT2D eigenvalue weighted by Gasteiger charge is -2.35. The smallest absolute Gasteiger partial charge is 0.195 e. The molecule has 28 heavy (non-hydrogen) atoms. The first-order chi connectivity index (χ1) is 13.4. The van der Waals surface area contributed by atoms with E-state index in [4.69, 9.17) is 21.1 Å². The van der Waals surface area contributed by atoms with E-state index in [1.54, 1.807) is 18.2 Å². The standard InChI is InChI=1S/C21H23ClO6/c1-2-27-15-6-3-12(4-7-15)9-14-10-13(5-8-16(14)22)21-20(26)19(25)18(24)17(11-23)28-21/h3-8,10,17,19-21,23,25-26H,2,9,11H2,1H3/t17-,19+,20+,21+/m1/s1. The maximum Gasteiger partial charge on any atom is 0.195 e. The highest BCUT2D eigenvalue weighted by molar-refractivity contribution is 6.31. The first kappa shape index (κ1) is 20.8. The molecule has 150 valence electrons. The van der Waals surface area contributed by atoms with E-state index >= 15 is 0 Å². The molecule has 2 aromatic rings. The number of benzene rings is 2. The van der Waals surface area contributed by atoms with E-state index in [9.17, 15) is 20.1 Å². The molecule has 6 nitrogen and oxygen atoms in total. The lowest BCUT2D eigenvalue weighted by molar-refractivity contribution is -0.188. The lowest BCUT2D eigenvalue weighted by Crippen LogP contribution is -2.52. The number of Topliss-reactive ketones (excluding diaryl/α,β-unsaturated/α-hetero) is 1. The van der Waals surface area contributed by atoms with Crippen molar-refractivity contribution >= 4 is 17.4 Å². The summed E-state index contributed by atoms with van der Waals surface area (Å²) in [7, 11) is 0. The monoisotopic (exact) mass is 406 g/mol. The van der Waals surface area contributed by atoms with Gasteiger partial charge in [-0.2, -0.15) is 0 Å². The fourth-order valence-electron chi connectivity index (χ4n) is 3.25. The third-order valence-corrected chi connectivity index (χ3v) is 5.12. The fraction of sp³-hybridized carbons (Fsp3) is 0.381. The number of ketones is 1. The molecule has 0 aromatic heterocycles. The number of rotatable bonds is 6. The number of hydrogen-bond donors (Lipinski definition) is 3. The van der Waals surface area contributed by atoms with E-state index in [-0.39, 0.29) is 0 Å². The molecule has 0 aliphatic carbocycles. The van der Waals surface area contributed by atoms with Crippen molar-refractivity contribution < 1.29 is 29.6 Å². The summed E-state index contributed by atoms with van der Waals surface area (Å²) in [6, 6.07) is 12.8. The Kier molecular flexibility index (Phi) is 6.69. The SMILES string of the molecule is CCOc1ccc(Cc2cc([C@@H]3O[C@H](CO)C(=O)[C@H](O)[C@@H]3O)ccc2Cl)cc1. The van der Waals surface area contributed by atoms with Gasteiger partial charge in [-0.05, 0) is 48.2 Å². The van der Waals surface area contributed by atoms with Gasteiger partial charge in [0.1, 0.15) is 30.2 Å². The Bertz CT molecular complexity index is 818. The topological polar surface area (TPSA) is 96.2 Å². The first-order valence-corrected chi connectivity index (χ1v) is 9.48. The molecule has 2 aromatic carbocycles. The number of aliphatic hydroxyl groups excluding tert-OH is 3. The summed E-state index contributed by atoms with van der Waals surface area (Å²) < 4.78 is 11.0. The highest BCUT2D eigenvalue weighted by atomic mass is 35.5. The second kappa shape index (κ2) is 9.03. The van der Waals surface area contributed by atoms with E-state index in [1.165, 1.54) is 0 Å². The van der Waals surface area contributed by atoms with Crippen molar-refractivity contribution in [2.75, 3.05) is 13.2 Å². The minimum atomic E-state index is -1.61. The average molecular weight is 407 g/mol. The molecule has 1 aliphatic rings. The minimum absolute atomic E-state index is 0.548. The fourth-order valence-corrected chi connectivity index (χ4v) is 3.44. The molecule has 3 N–H and O–H groups in total. The van der Waals surface area contributed by atoms with Crippen LogP contribution >= 0.6 is 11.6 Å². The van der Waals surface area contributed by atoms with E-state index < -0.39 is 36.8 Å². The average Bonchev–Trinajstić information content (AvgIpc) is 2.70. The second-order valence-corrected chi connectivity index (χ2v) is 7.08. The molecule has 0 bridgehead atoms. The molecule has 0 radical (unpaired) electrons. The first-order valence-electron chi connectivity index (χ1n) is 9.10. The van der Waals surface area contributed by atoms with Crippen LogP contribution in [-0.2, 0) is 16.0 Å². The Balaban J connectivity index is 1.83. The van der Waals surface area contributed by atoms with Gasteiger partial charge in [0.2, 0.25) is 0 Å². The molecule has 0 unspecified atom stereocenters. The van der Waals surface area contributed by atoms with Crippen LogP contribution in [0.2, 0.25) is 5.02 Å². The lowest BCUT2D eigenvalue weighted by atomic mass is 9.91. The summed E-state index contributed by atoms with van der Waals surface area (Å²) in [5.74, 6) is 0.0633. The zero-order chi connectivity index (χ0) is 20.3. The van der Waals surface area contributed by atoms with E-state index in [1.807, 2.05) is 31.2 Å². The summed E-state index contributed by atoms with van der Waals surface area (Å²) in [5.41, 5.74) is 2.41. The molecule has 0 spiro atoms. The van der Waals surface area contributed by atoms with Crippen LogP contribution in [0.5, 0.6) is 5.75 Å². The van der Waals surface area contributed by atoms with Crippen LogP contribution in [-0.4, -0.2) is 52.6 Å². The largest absolute Gasteiger partial charge is 0.494 e. The number of carbonyl (C=O) groups is 1. The maximum atomic E-state index is 11.9. The van der Waals surface area contributed by atoms with E-state index in [2.05, 4.69) is 0 Å². The summed E-state index contributed by atoms with van der Waals surface area (Å²) in [6.07, 6.45) is -4.60. The van der Waals surface area contributed by atoms with Gasteiger partial charge in [0.25, 0.3) is 0 Å². The highest BCUT2D eigenvalue weighted by Gasteiger charge is 2.43. The van der Waals surface area contributed by atoms with Crippen LogP contribution in [0.15, 0.2) is 42.5 Å². The van der Waals surface area contributed by atoms with Gasteiger partial charge in [0.05, 0.1) is 13.2 Å². The van der Waals surface area contributed by atoms with Gasteiger partial charge < -0.3 is 24.8 Å². The molecule has 1 aliphatic heterocycles. The molecule has 4 atom stereocenters. The molecule has 3 rings (SSSR count). The van der Waals surface area contributed by atoms with Crippen molar-refractivity contribution in [3.05, 3.63) is 64.2 Å². The molecule has 1 fully saturated rings. The minimum Gasteiger partial charge on any atom is -0.494 e. The molecule has 7 heteroatoms. The van der Waals surface area contributed by atoms with Crippen LogP contribution in [0.1, 0.15) is 29.7 Å². The molecule has 1 saturated heterocycles. The van der Waals surface area contributed by atoms with Gasteiger partial charge in [0, 0.05) is 5.02 Å². The number of ether oxygens (including phenoxy) is 2. The predicted octanol–water partition coefficient (Wildman–Crippen LogP) is 2.05. The van der Waals surface area contributed by atoms with Crippen molar-refractivity contribution in [2.24, 2.45) is 0 Å². The summed E-state index contributed by atoms with van der Waals surface area (Å²) >= 11 is 6.34. The summed E-state index contributed by atoms with van der Waals surface area (Å²) in [4.78, 5) is 11.9. The van der Waals surface area contributed by atoms with Crippen molar-refractivity contribution in [1.82, 2.24) is 0 Å². The Labute approximate surface area is 168 Å². The molecular weight excluding hydrogens is 384 g/mol. The van der Waals surface area contributed by atoms with Crippen molar-refractivity contribution in [3.63, 3.8) is 0 Å². The molecule has 0 amide bonds. The molecular formula is C21H23ClO6. The number of halogens is 1. The number of carbonyl (C=O) groups excluding carboxylic acids is 1. The summed E-state index contributed by atoms with van der Waals surface area (Å²) in [5, 5.41) is 30.1. The quantitative estimate of drug-likeness (QED) is 0.679. The van der Waals surface area contributed by atoms with Crippen molar-refractivity contribution in [2.45, 2.75) is 37.8 Å². The van der Waals surface area contributed by atoms with Gasteiger partial charge >= 0.3 is 0 Å². The Hall–Kier alpha value is -1.96. The van der Waals surface area contributed by atoms with Crippen molar-refractivity contribution in [3.8, 4) is 5.75 Å². The zero-order valence-electron chi connectivity index (χ0n) is 15.4. The molecule has 1 heterocycles. The Morgan fingerprint density at radius 3 is 2.50 bits per heavy atom. The van der Waals surface area contributed by atoms with Gasteiger partial charge in [-0.1, -0.05) is 35.9 Å². The van der Waals surface area contributed by atoms with Crippen LogP contribution in [0.3, 0.4) is 0 Å². The van der Waals surface area contributed by atoms with Crippen molar-refractivity contribution in [1.29, 1.82) is 0 Å².